The Morgan fingerprint density at radius 1 is 0.821 bits per heavy atom. The average molecular weight is 362 g/mol. The summed E-state index contributed by atoms with van der Waals surface area (Å²) in [5.41, 5.74) is 8.05. The van der Waals surface area contributed by atoms with E-state index in [-0.39, 0.29) is 0 Å². The van der Waals surface area contributed by atoms with Gasteiger partial charge in [0.15, 0.2) is 6.20 Å². The summed E-state index contributed by atoms with van der Waals surface area (Å²) in [4.78, 5) is 0. The molecule has 0 atom stereocenters. The molecule has 3 aromatic heterocycles. The SMILES string of the molecule is Cc1cc[n+]2c3c4c5c(ccc4n(C)c13)c1ccccc1c1cc(C)n(c15)C2. The van der Waals surface area contributed by atoms with E-state index in [0.29, 0.717) is 0 Å². The Hall–Kier alpha value is -3.33. The minimum absolute atomic E-state index is 0.855. The molecule has 4 heterocycles. The van der Waals surface area contributed by atoms with E-state index in [2.05, 4.69) is 89.3 Å². The molecule has 3 heteroatoms. The van der Waals surface area contributed by atoms with Crippen molar-refractivity contribution < 1.29 is 4.57 Å². The summed E-state index contributed by atoms with van der Waals surface area (Å²) >= 11 is 0. The number of benzene rings is 3. The number of rotatable bonds is 0. The van der Waals surface area contributed by atoms with Crippen LogP contribution in [0.25, 0.3) is 54.4 Å². The fourth-order valence-corrected chi connectivity index (χ4v) is 5.62. The Kier molecular flexibility index (Phi) is 2.39. The molecule has 0 saturated carbocycles. The maximum Gasteiger partial charge on any atom is 0.241 e. The zero-order valence-electron chi connectivity index (χ0n) is 16.2. The lowest BCUT2D eigenvalue weighted by Crippen LogP contribution is -2.37. The van der Waals surface area contributed by atoms with Gasteiger partial charge in [0.2, 0.25) is 12.2 Å². The number of hydrogen-bond donors (Lipinski definition) is 0. The van der Waals surface area contributed by atoms with Gasteiger partial charge >= 0.3 is 0 Å². The molecule has 3 aromatic carbocycles. The molecule has 1 aliphatic heterocycles. The highest BCUT2D eigenvalue weighted by atomic mass is 15.2. The molecule has 7 rings (SSSR count). The number of nitrogens with zero attached hydrogens (tertiary/aromatic N) is 3. The van der Waals surface area contributed by atoms with E-state index in [4.69, 9.17) is 0 Å². The summed E-state index contributed by atoms with van der Waals surface area (Å²) < 4.78 is 7.31. The molecule has 0 radical (unpaired) electrons. The van der Waals surface area contributed by atoms with Gasteiger partial charge in [-0.05, 0) is 47.7 Å². The first kappa shape index (κ1) is 14.7. The third-order valence-corrected chi connectivity index (χ3v) is 6.85. The Balaban J connectivity index is 1.97. The molecule has 0 unspecified atom stereocenters. The van der Waals surface area contributed by atoms with Crippen LogP contribution in [0.2, 0.25) is 0 Å². The third-order valence-electron chi connectivity index (χ3n) is 6.85. The van der Waals surface area contributed by atoms with Crippen molar-refractivity contribution >= 4 is 54.4 Å². The zero-order valence-corrected chi connectivity index (χ0v) is 16.2. The Labute approximate surface area is 162 Å². The van der Waals surface area contributed by atoms with Crippen molar-refractivity contribution in [1.29, 1.82) is 0 Å². The van der Waals surface area contributed by atoms with Crippen LogP contribution in [0.4, 0.5) is 0 Å². The van der Waals surface area contributed by atoms with Crippen molar-refractivity contribution in [1.82, 2.24) is 9.13 Å². The van der Waals surface area contributed by atoms with Gasteiger partial charge in [-0.15, -0.1) is 0 Å². The highest BCUT2D eigenvalue weighted by Gasteiger charge is 2.28. The maximum absolute atomic E-state index is 2.50. The lowest BCUT2D eigenvalue weighted by Gasteiger charge is -2.10. The van der Waals surface area contributed by atoms with Gasteiger partial charge in [-0.25, -0.2) is 0 Å². The number of aryl methyl sites for hydroxylation is 3. The second kappa shape index (κ2) is 4.56. The van der Waals surface area contributed by atoms with Crippen molar-refractivity contribution in [2.45, 2.75) is 20.5 Å². The quantitative estimate of drug-likeness (QED) is 0.256. The van der Waals surface area contributed by atoms with Crippen LogP contribution in [0.3, 0.4) is 0 Å². The average Bonchev–Trinajstić information content (AvgIpc) is 3.14. The van der Waals surface area contributed by atoms with E-state index >= 15 is 0 Å². The normalized spacial score (nSPS) is 13.4. The molecule has 0 N–H and O–H groups in total. The van der Waals surface area contributed by atoms with Crippen molar-refractivity contribution in [3.05, 3.63) is 66.0 Å². The molecule has 1 aliphatic rings. The fourth-order valence-electron chi connectivity index (χ4n) is 5.62. The van der Waals surface area contributed by atoms with Crippen LogP contribution in [0.1, 0.15) is 11.3 Å². The van der Waals surface area contributed by atoms with Crippen LogP contribution in [-0.4, -0.2) is 9.13 Å². The molecular formula is C25H20N3+. The molecule has 0 amide bonds. The monoisotopic (exact) mass is 362 g/mol. The van der Waals surface area contributed by atoms with Gasteiger partial charge in [0.25, 0.3) is 0 Å². The molecular weight excluding hydrogens is 342 g/mol. The zero-order chi connectivity index (χ0) is 18.7. The summed E-state index contributed by atoms with van der Waals surface area (Å²) in [5, 5.41) is 8.23. The largest absolute Gasteiger partial charge is 0.338 e. The van der Waals surface area contributed by atoms with E-state index in [1.165, 1.54) is 65.6 Å². The minimum atomic E-state index is 0.855. The highest BCUT2D eigenvalue weighted by Crippen LogP contribution is 2.43. The fraction of sp³-hybridized carbons (Fsp3) is 0.160. The standard InChI is InChI=1S/C25H20N3/c1-14-10-11-27-13-28-15(2)12-19-17-7-5-4-6-16(17)18-8-9-20-22(21(18)24(19)28)25(27)23(14)26(20)3/h4-12H,13H2,1-3H3/q+1. The van der Waals surface area contributed by atoms with Crippen LogP contribution < -0.4 is 4.57 Å². The molecule has 0 saturated heterocycles. The molecule has 0 spiro atoms. The van der Waals surface area contributed by atoms with Crippen LogP contribution in [0, 0.1) is 13.8 Å². The van der Waals surface area contributed by atoms with E-state index in [1.807, 2.05) is 0 Å². The van der Waals surface area contributed by atoms with Crippen LogP contribution >= 0.6 is 0 Å². The van der Waals surface area contributed by atoms with E-state index in [0.717, 1.165) is 6.67 Å². The van der Waals surface area contributed by atoms with Gasteiger partial charge in [-0.2, -0.15) is 4.57 Å². The van der Waals surface area contributed by atoms with Gasteiger partial charge in [0.05, 0.1) is 16.4 Å². The van der Waals surface area contributed by atoms with Crippen LogP contribution in [-0.2, 0) is 13.7 Å². The first-order valence-electron chi connectivity index (χ1n) is 9.89. The predicted octanol–water partition coefficient (Wildman–Crippen LogP) is 5.32. The Morgan fingerprint density at radius 3 is 2.43 bits per heavy atom. The second-order valence-corrected chi connectivity index (χ2v) is 8.27. The first-order valence-corrected chi connectivity index (χ1v) is 9.89. The Bertz CT molecular complexity index is 1660. The van der Waals surface area contributed by atoms with E-state index in [1.54, 1.807) is 0 Å². The van der Waals surface area contributed by atoms with Crippen LogP contribution in [0.5, 0.6) is 0 Å². The topological polar surface area (TPSA) is 13.7 Å². The van der Waals surface area contributed by atoms with Gasteiger partial charge < -0.3 is 4.57 Å². The number of fused-ring (bicyclic) bond motifs is 3. The van der Waals surface area contributed by atoms with Gasteiger partial charge in [0, 0.05) is 29.6 Å². The van der Waals surface area contributed by atoms with Crippen molar-refractivity contribution in [3.63, 3.8) is 0 Å². The Morgan fingerprint density at radius 2 is 1.61 bits per heavy atom. The summed E-state index contributed by atoms with van der Waals surface area (Å²) in [6.45, 7) is 5.32. The number of aromatic nitrogens is 3. The molecule has 6 aromatic rings. The van der Waals surface area contributed by atoms with Gasteiger partial charge in [-0.3, -0.25) is 4.57 Å². The summed E-state index contributed by atoms with van der Waals surface area (Å²) in [7, 11) is 2.21. The lowest BCUT2D eigenvalue weighted by atomic mass is 9.96. The first-order chi connectivity index (χ1) is 13.6. The number of pyridine rings is 1. The maximum atomic E-state index is 2.50. The summed E-state index contributed by atoms with van der Waals surface area (Å²) in [5.74, 6) is 0. The molecule has 3 nitrogen and oxygen atoms in total. The molecule has 28 heavy (non-hydrogen) atoms. The van der Waals surface area contributed by atoms with Crippen LogP contribution in [0.15, 0.2) is 54.7 Å². The lowest BCUT2D eigenvalue weighted by molar-refractivity contribution is -0.674. The number of hydrogen-bond acceptors (Lipinski definition) is 0. The minimum Gasteiger partial charge on any atom is -0.338 e. The molecule has 134 valence electrons. The van der Waals surface area contributed by atoms with Gasteiger partial charge in [0.1, 0.15) is 5.52 Å². The predicted molar refractivity (Wildman–Crippen MR) is 116 cm³/mol. The smallest absolute Gasteiger partial charge is 0.241 e. The highest BCUT2D eigenvalue weighted by molar-refractivity contribution is 6.34. The third kappa shape index (κ3) is 1.45. The summed E-state index contributed by atoms with van der Waals surface area (Å²) in [6.07, 6.45) is 2.26. The molecule has 0 aliphatic carbocycles. The van der Waals surface area contributed by atoms with E-state index in [9.17, 15) is 0 Å². The second-order valence-electron chi connectivity index (χ2n) is 8.27. The van der Waals surface area contributed by atoms with E-state index < -0.39 is 0 Å². The van der Waals surface area contributed by atoms with Crippen molar-refractivity contribution in [2.75, 3.05) is 0 Å². The molecule has 0 fully saturated rings. The van der Waals surface area contributed by atoms with Gasteiger partial charge in [-0.1, -0.05) is 30.3 Å². The molecule has 0 bridgehead atoms. The summed E-state index contributed by atoms with van der Waals surface area (Å²) in [6, 6.07) is 18.1. The van der Waals surface area contributed by atoms with Crippen molar-refractivity contribution in [2.24, 2.45) is 7.05 Å². The van der Waals surface area contributed by atoms with Crippen molar-refractivity contribution in [3.8, 4) is 0 Å².